The number of aryl methyl sites for hydroxylation is 2. The molecule has 1 unspecified atom stereocenters. The number of hydrazine groups is 1. The Hall–Kier alpha value is -1.78. The van der Waals surface area contributed by atoms with Crippen LogP contribution in [-0.4, -0.2) is 9.97 Å². The fourth-order valence-electron chi connectivity index (χ4n) is 1.97. The molecule has 1 atom stereocenters. The van der Waals surface area contributed by atoms with E-state index in [0.717, 1.165) is 22.5 Å². The van der Waals surface area contributed by atoms with E-state index >= 15 is 0 Å². The molecule has 0 spiro atoms. The van der Waals surface area contributed by atoms with Crippen LogP contribution < -0.4 is 11.3 Å². The highest BCUT2D eigenvalue weighted by Gasteiger charge is 2.13. The first-order valence-corrected chi connectivity index (χ1v) is 5.52. The number of nitrogens with two attached hydrogens (primary N) is 1. The Labute approximate surface area is 101 Å². The van der Waals surface area contributed by atoms with Gasteiger partial charge >= 0.3 is 0 Å². The van der Waals surface area contributed by atoms with Crippen molar-refractivity contribution in [2.24, 2.45) is 5.84 Å². The van der Waals surface area contributed by atoms with Crippen molar-refractivity contribution in [3.63, 3.8) is 0 Å². The SMILES string of the molecule is Cc1cc(C(NN)c2cccnc2)cc(C)n1. The molecule has 0 radical (unpaired) electrons. The lowest BCUT2D eigenvalue weighted by Gasteiger charge is -2.17. The number of nitrogens with one attached hydrogen (secondary N) is 1. The summed E-state index contributed by atoms with van der Waals surface area (Å²) in [5.41, 5.74) is 6.95. The lowest BCUT2D eigenvalue weighted by atomic mass is 10.0. The van der Waals surface area contributed by atoms with E-state index in [-0.39, 0.29) is 6.04 Å². The Balaban J connectivity index is 2.42. The molecule has 2 aromatic heterocycles. The molecule has 0 saturated carbocycles. The molecule has 0 aromatic carbocycles. The molecule has 2 heterocycles. The highest BCUT2D eigenvalue weighted by atomic mass is 15.2. The zero-order valence-electron chi connectivity index (χ0n) is 10.0. The van der Waals surface area contributed by atoms with E-state index in [2.05, 4.69) is 15.4 Å². The first-order chi connectivity index (χ1) is 8.20. The number of rotatable bonds is 3. The van der Waals surface area contributed by atoms with Gasteiger partial charge in [0, 0.05) is 23.8 Å². The van der Waals surface area contributed by atoms with Gasteiger partial charge in [-0.25, -0.2) is 5.43 Å². The second kappa shape index (κ2) is 5.03. The first kappa shape index (κ1) is 11.7. The van der Waals surface area contributed by atoms with Crippen molar-refractivity contribution in [2.45, 2.75) is 19.9 Å². The summed E-state index contributed by atoms with van der Waals surface area (Å²) in [7, 11) is 0. The van der Waals surface area contributed by atoms with Gasteiger partial charge < -0.3 is 0 Å². The Morgan fingerprint density at radius 3 is 2.41 bits per heavy atom. The maximum absolute atomic E-state index is 5.64. The molecule has 0 amide bonds. The maximum Gasteiger partial charge on any atom is 0.0726 e. The van der Waals surface area contributed by atoms with Gasteiger partial charge in [-0.1, -0.05) is 6.07 Å². The van der Waals surface area contributed by atoms with Crippen LogP contribution in [0.15, 0.2) is 36.7 Å². The third kappa shape index (κ3) is 2.67. The quantitative estimate of drug-likeness (QED) is 0.619. The van der Waals surface area contributed by atoms with Gasteiger partial charge in [-0.15, -0.1) is 0 Å². The number of nitrogens with zero attached hydrogens (tertiary/aromatic N) is 2. The van der Waals surface area contributed by atoms with Gasteiger partial charge in [-0.3, -0.25) is 15.8 Å². The highest BCUT2D eigenvalue weighted by molar-refractivity contribution is 5.31. The Bertz CT molecular complexity index is 476. The lowest BCUT2D eigenvalue weighted by molar-refractivity contribution is 0.632. The minimum atomic E-state index is -0.0518. The first-order valence-electron chi connectivity index (χ1n) is 5.52. The van der Waals surface area contributed by atoms with Crippen LogP contribution in [0.4, 0.5) is 0 Å². The van der Waals surface area contributed by atoms with Gasteiger partial charge in [-0.2, -0.15) is 0 Å². The van der Waals surface area contributed by atoms with E-state index in [4.69, 9.17) is 5.84 Å². The molecule has 0 fully saturated rings. The lowest BCUT2D eigenvalue weighted by Crippen LogP contribution is -2.29. The summed E-state index contributed by atoms with van der Waals surface area (Å²) in [4.78, 5) is 8.47. The fourth-order valence-corrected chi connectivity index (χ4v) is 1.97. The van der Waals surface area contributed by atoms with E-state index in [1.165, 1.54) is 0 Å². The van der Waals surface area contributed by atoms with Gasteiger partial charge in [0.15, 0.2) is 0 Å². The second-order valence-electron chi connectivity index (χ2n) is 4.07. The number of aromatic nitrogens is 2. The van der Waals surface area contributed by atoms with Crippen molar-refractivity contribution < 1.29 is 0 Å². The van der Waals surface area contributed by atoms with Gasteiger partial charge in [-0.05, 0) is 43.2 Å². The van der Waals surface area contributed by atoms with Crippen molar-refractivity contribution in [3.05, 3.63) is 59.2 Å². The summed E-state index contributed by atoms with van der Waals surface area (Å²) >= 11 is 0. The van der Waals surface area contributed by atoms with Crippen LogP contribution >= 0.6 is 0 Å². The molecule has 0 aliphatic heterocycles. The average molecular weight is 228 g/mol. The van der Waals surface area contributed by atoms with Crippen LogP contribution in [0.1, 0.15) is 28.6 Å². The third-order valence-electron chi connectivity index (χ3n) is 2.62. The van der Waals surface area contributed by atoms with Crippen LogP contribution in [0.2, 0.25) is 0 Å². The summed E-state index contributed by atoms with van der Waals surface area (Å²) in [5, 5.41) is 0. The average Bonchev–Trinajstić information content (AvgIpc) is 2.30. The Morgan fingerprint density at radius 2 is 1.88 bits per heavy atom. The van der Waals surface area contributed by atoms with Gasteiger partial charge in [0.05, 0.1) is 6.04 Å². The third-order valence-corrected chi connectivity index (χ3v) is 2.62. The molecule has 4 nitrogen and oxygen atoms in total. The minimum Gasteiger partial charge on any atom is -0.271 e. The van der Waals surface area contributed by atoms with Crippen molar-refractivity contribution in [2.75, 3.05) is 0 Å². The van der Waals surface area contributed by atoms with Crippen molar-refractivity contribution >= 4 is 0 Å². The van der Waals surface area contributed by atoms with Crippen LogP contribution in [0.5, 0.6) is 0 Å². The van der Waals surface area contributed by atoms with E-state index in [1.54, 1.807) is 6.20 Å². The maximum atomic E-state index is 5.64. The molecular weight excluding hydrogens is 212 g/mol. The second-order valence-corrected chi connectivity index (χ2v) is 4.07. The normalized spacial score (nSPS) is 12.4. The van der Waals surface area contributed by atoms with Crippen molar-refractivity contribution in [3.8, 4) is 0 Å². The zero-order chi connectivity index (χ0) is 12.3. The van der Waals surface area contributed by atoms with Crippen LogP contribution in [0.25, 0.3) is 0 Å². The molecule has 0 bridgehead atoms. The summed E-state index contributed by atoms with van der Waals surface area (Å²) in [6, 6.07) is 7.92. The molecule has 0 aliphatic carbocycles. The zero-order valence-corrected chi connectivity index (χ0v) is 10.0. The van der Waals surface area contributed by atoms with Gasteiger partial charge in [0.2, 0.25) is 0 Å². The molecule has 3 N–H and O–H groups in total. The molecule has 4 heteroatoms. The summed E-state index contributed by atoms with van der Waals surface area (Å²) < 4.78 is 0. The Kier molecular flexibility index (Phi) is 3.46. The number of pyridine rings is 2. The molecule has 2 rings (SSSR count). The molecule has 2 aromatic rings. The molecule has 0 aliphatic rings. The number of hydrogen-bond acceptors (Lipinski definition) is 4. The Morgan fingerprint density at radius 1 is 1.18 bits per heavy atom. The van der Waals surface area contributed by atoms with E-state index in [0.29, 0.717) is 0 Å². The predicted molar refractivity (Wildman–Crippen MR) is 67.1 cm³/mol. The van der Waals surface area contributed by atoms with Crippen LogP contribution in [0, 0.1) is 13.8 Å². The fraction of sp³-hybridized carbons (Fsp3) is 0.231. The van der Waals surface area contributed by atoms with Crippen LogP contribution in [0.3, 0.4) is 0 Å². The standard InChI is InChI=1S/C13H16N4/c1-9-6-12(7-10(2)16-9)13(17-14)11-4-3-5-15-8-11/h3-8,13,17H,14H2,1-2H3. The van der Waals surface area contributed by atoms with Gasteiger partial charge in [0.25, 0.3) is 0 Å². The minimum absolute atomic E-state index is 0.0518. The molecule has 17 heavy (non-hydrogen) atoms. The molecule has 88 valence electrons. The van der Waals surface area contributed by atoms with Crippen molar-refractivity contribution in [1.29, 1.82) is 0 Å². The predicted octanol–water partition coefficient (Wildman–Crippen LogP) is 1.65. The van der Waals surface area contributed by atoms with E-state index < -0.39 is 0 Å². The smallest absolute Gasteiger partial charge is 0.0726 e. The van der Waals surface area contributed by atoms with Crippen molar-refractivity contribution in [1.82, 2.24) is 15.4 Å². The monoisotopic (exact) mass is 228 g/mol. The topological polar surface area (TPSA) is 63.8 Å². The van der Waals surface area contributed by atoms with Gasteiger partial charge in [0.1, 0.15) is 0 Å². The van der Waals surface area contributed by atoms with Crippen LogP contribution in [-0.2, 0) is 0 Å². The van der Waals surface area contributed by atoms with E-state index in [9.17, 15) is 0 Å². The largest absolute Gasteiger partial charge is 0.271 e. The summed E-state index contributed by atoms with van der Waals surface area (Å²) in [6.07, 6.45) is 3.57. The molecule has 0 saturated heterocycles. The summed E-state index contributed by atoms with van der Waals surface area (Å²) in [5.74, 6) is 5.64. The molecular formula is C13H16N4. The number of hydrogen-bond donors (Lipinski definition) is 2. The summed E-state index contributed by atoms with van der Waals surface area (Å²) in [6.45, 7) is 3.96. The highest BCUT2D eigenvalue weighted by Crippen LogP contribution is 2.21. The van der Waals surface area contributed by atoms with E-state index in [1.807, 2.05) is 44.3 Å².